The highest BCUT2D eigenvalue weighted by Gasteiger charge is 2.12. The van der Waals surface area contributed by atoms with Crippen molar-refractivity contribution in [2.75, 3.05) is 0 Å². The largest absolute Gasteiger partial charge is 0.464 e. The summed E-state index contributed by atoms with van der Waals surface area (Å²) in [6.45, 7) is 3.81. The Morgan fingerprint density at radius 1 is 1.47 bits per heavy atom. The molecule has 0 aromatic carbocycles. The molecule has 2 aromatic heterocycles. The summed E-state index contributed by atoms with van der Waals surface area (Å²) in [6, 6.07) is 5.67. The van der Waals surface area contributed by atoms with Crippen LogP contribution in [0.1, 0.15) is 30.0 Å². The minimum Gasteiger partial charge on any atom is -0.464 e. The fraction of sp³-hybridized carbons (Fsp3) is 0.308. The van der Waals surface area contributed by atoms with E-state index >= 15 is 0 Å². The highest BCUT2D eigenvalue weighted by atomic mass is 32.1. The van der Waals surface area contributed by atoms with E-state index in [2.05, 4.69) is 5.32 Å². The van der Waals surface area contributed by atoms with Gasteiger partial charge in [-0.1, -0.05) is 0 Å². The molecule has 0 aliphatic carbocycles. The molecule has 0 saturated heterocycles. The van der Waals surface area contributed by atoms with Gasteiger partial charge in [-0.2, -0.15) is 11.3 Å². The third kappa shape index (κ3) is 3.20. The van der Waals surface area contributed by atoms with Gasteiger partial charge >= 0.3 is 0 Å². The average molecular weight is 249 g/mol. The van der Waals surface area contributed by atoms with Gasteiger partial charge in [0.2, 0.25) is 5.91 Å². The highest BCUT2D eigenvalue weighted by Crippen LogP contribution is 2.15. The van der Waals surface area contributed by atoms with Crippen LogP contribution in [0.3, 0.4) is 0 Å². The number of carbonyl (C=O) groups excluding carboxylic acids is 1. The van der Waals surface area contributed by atoms with Gasteiger partial charge in [-0.05, 0) is 48.4 Å². The summed E-state index contributed by atoms with van der Waals surface area (Å²) in [5, 5.41) is 6.88. The maximum Gasteiger partial charge on any atom is 0.225 e. The molecule has 2 aromatic rings. The second-order valence-electron chi connectivity index (χ2n) is 4.05. The average Bonchev–Trinajstić information content (AvgIpc) is 2.89. The molecule has 90 valence electrons. The van der Waals surface area contributed by atoms with Crippen molar-refractivity contribution in [1.29, 1.82) is 0 Å². The molecule has 1 N–H and O–H groups in total. The summed E-state index contributed by atoms with van der Waals surface area (Å²) < 4.78 is 5.47. The molecule has 0 aliphatic heterocycles. The van der Waals surface area contributed by atoms with Crippen LogP contribution in [0.5, 0.6) is 0 Å². The molecule has 0 spiro atoms. The topological polar surface area (TPSA) is 42.2 Å². The standard InChI is InChI=1S/C13H15NO2S/c1-9-3-4-12(16-9)10(2)14-13(15)7-11-5-6-17-8-11/h3-6,8,10H,7H2,1-2H3,(H,14,15)/t10-/m0/s1. The Labute approximate surface area is 104 Å². The number of rotatable bonds is 4. The van der Waals surface area contributed by atoms with Crippen LogP contribution < -0.4 is 5.32 Å². The monoisotopic (exact) mass is 249 g/mol. The van der Waals surface area contributed by atoms with E-state index in [0.717, 1.165) is 17.1 Å². The molecule has 2 rings (SSSR count). The van der Waals surface area contributed by atoms with Gasteiger partial charge in [0.1, 0.15) is 11.5 Å². The first kappa shape index (κ1) is 11.9. The lowest BCUT2D eigenvalue weighted by Gasteiger charge is -2.10. The molecule has 17 heavy (non-hydrogen) atoms. The van der Waals surface area contributed by atoms with Crippen LogP contribution in [0.2, 0.25) is 0 Å². The van der Waals surface area contributed by atoms with Gasteiger partial charge in [-0.15, -0.1) is 0 Å². The van der Waals surface area contributed by atoms with Gasteiger partial charge in [0.25, 0.3) is 0 Å². The molecular weight excluding hydrogens is 234 g/mol. The van der Waals surface area contributed by atoms with Gasteiger partial charge in [0.15, 0.2) is 0 Å². The Hall–Kier alpha value is -1.55. The molecule has 4 heteroatoms. The molecular formula is C13H15NO2S. The van der Waals surface area contributed by atoms with Crippen LogP contribution in [0, 0.1) is 6.92 Å². The quantitative estimate of drug-likeness (QED) is 0.904. The van der Waals surface area contributed by atoms with E-state index < -0.39 is 0 Å². The molecule has 0 bridgehead atoms. The van der Waals surface area contributed by atoms with E-state index in [0.29, 0.717) is 6.42 Å². The molecule has 0 aliphatic rings. The Morgan fingerprint density at radius 2 is 2.29 bits per heavy atom. The number of thiophene rings is 1. The Kier molecular flexibility index (Phi) is 3.64. The van der Waals surface area contributed by atoms with Crippen molar-refractivity contribution in [3.63, 3.8) is 0 Å². The molecule has 0 unspecified atom stereocenters. The molecule has 0 radical (unpaired) electrons. The van der Waals surface area contributed by atoms with Gasteiger partial charge < -0.3 is 9.73 Å². The molecule has 3 nitrogen and oxygen atoms in total. The number of hydrogen-bond donors (Lipinski definition) is 1. The van der Waals surface area contributed by atoms with Crippen LogP contribution in [0.25, 0.3) is 0 Å². The predicted octanol–water partition coefficient (Wildman–Crippen LogP) is 3.07. The smallest absolute Gasteiger partial charge is 0.225 e. The lowest BCUT2D eigenvalue weighted by Crippen LogP contribution is -2.27. The Bertz CT molecular complexity index is 487. The van der Waals surface area contributed by atoms with Crippen LogP contribution in [0.4, 0.5) is 0 Å². The molecule has 1 amide bonds. The predicted molar refractivity (Wildman–Crippen MR) is 68.0 cm³/mol. The summed E-state index contributed by atoms with van der Waals surface area (Å²) in [5.41, 5.74) is 1.05. The van der Waals surface area contributed by atoms with Crippen LogP contribution >= 0.6 is 11.3 Å². The van der Waals surface area contributed by atoms with Crippen molar-refractivity contribution in [3.8, 4) is 0 Å². The first-order valence-electron chi connectivity index (χ1n) is 5.52. The number of aryl methyl sites for hydroxylation is 1. The summed E-state index contributed by atoms with van der Waals surface area (Å²) in [7, 11) is 0. The normalized spacial score (nSPS) is 12.4. The fourth-order valence-corrected chi connectivity index (χ4v) is 2.30. The SMILES string of the molecule is Cc1ccc([C@H](C)NC(=O)Cc2ccsc2)o1. The maximum absolute atomic E-state index is 11.8. The third-order valence-corrected chi connectivity index (χ3v) is 3.24. The number of furan rings is 1. The van der Waals surface area contributed by atoms with Crippen molar-refractivity contribution < 1.29 is 9.21 Å². The summed E-state index contributed by atoms with van der Waals surface area (Å²) in [5.74, 6) is 1.67. The molecule has 0 fully saturated rings. The van der Waals surface area contributed by atoms with Gasteiger partial charge in [-0.25, -0.2) is 0 Å². The van der Waals surface area contributed by atoms with E-state index in [1.54, 1.807) is 11.3 Å². The van der Waals surface area contributed by atoms with Gasteiger partial charge in [0, 0.05) is 0 Å². The first-order chi connectivity index (χ1) is 8.15. The highest BCUT2D eigenvalue weighted by molar-refractivity contribution is 7.07. The van der Waals surface area contributed by atoms with E-state index in [4.69, 9.17) is 4.42 Å². The van der Waals surface area contributed by atoms with Crippen molar-refractivity contribution in [2.24, 2.45) is 0 Å². The number of nitrogens with one attached hydrogen (secondary N) is 1. The van der Waals surface area contributed by atoms with E-state index in [-0.39, 0.29) is 11.9 Å². The minimum absolute atomic E-state index is 0.0185. The summed E-state index contributed by atoms with van der Waals surface area (Å²) in [4.78, 5) is 11.8. The number of amides is 1. The molecule has 2 heterocycles. The second-order valence-corrected chi connectivity index (χ2v) is 4.83. The van der Waals surface area contributed by atoms with Crippen LogP contribution in [-0.4, -0.2) is 5.91 Å². The fourth-order valence-electron chi connectivity index (χ4n) is 1.63. The zero-order valence-corrected chi connectivity index (χ0v) is 10.7. The van der Waals surface area contributed by atoms with Crippen molar-refractivity contribution in [1.82, 2.24) is 5.32 Å². The van der Waals surface area contributed by atoms with E-state index in [1.165, 1.54) is 0 Å². The zero-order valence-electron chi connectivity index (χ0n) is 9.90. The lowest BCUT2D eigenvalue weighted by atomic mass is 10.2. The molecule has 1 atom stereocenters. The van der Waals surface area contributed by atoms with Gasteiger partial charge in [0.05, 0.1) is 12.5 Å². The van der Waals surface area contributed by atoms with Gasteiger partial charge in [-0.3, -0.25) is 4.79 Å². The summed E-state index contributed by atoms with van der Waals surface area (Å²) in [6.07, 6.45) is 0.424. The van der Waals surface area contributed by atoms with E-state index in [9.17, 15) is 4.79 Å². The maximum atomic E-state index is 11.8. The minimum atomic E-state index is -0.0881. The van der Waals surface area contributed by atoms with Crippen molar-refractivity contribution >= 4 is 17.2 Å². The molecule has 0 saturated carbocycles. The van der Waals surface area contributed by atoms with E-state index in [1.807, 2.05) is 42.8 Å². The zero-order chi connectivity index (χ0) is 12.3. The number of hydrogen-bond acceptors (Lipinski definition) is 3. The lowest BCUT2D eigenvalue weighted by molar-refractivity contribution is -0.121. The van der Waals surface area contributed by atoms with Crippen molar-refractivity contribution in [2.45, 2.75) is 26.3 Å². The van der Waals surface area contributed by atoms with Crippen molar-refractivity contribution in [3.05, 3.63) is 46.0 Å². The number of carbonyl (C=O) groups is 1. The van der Waals surface area contributed by atoms with Crippen LogP contribution in [0.15, 0.2) is 33.4 Å². The second kappa shape index (κ2) is 5.19. The Balaban J connectivity index is 1.90. The third-order valence-electron chi connectivity index (χ3n) is 2.51. The Morgan fingerprint density at radius 3 is 2.88 bits per heavy atom. The first-order valence-corrected chi connectivity index (χ1v) is 6.46. The van der Waals surface area contributed by atoms with Crippen LogP contribution in [-0.2, 0) is 11.2 Å². The summed E-state index contributed by atoms with van der Waals surface area (Å²) >= 11 is 1.60.